The lowest BCUT2D eigenvalue weighted by Crippen LogP contribution is -2.41. The van der Waals surface area contributed by atoms with Gasteiger partial charge in [-0.05, 0) is 24.1 Å². The summed E-state index contributed by atoms with van der Waals surface area (Å²) in [6.45, 7) is -0.359. The van der Waals surface area contributed by atoms with Crippen LogP contribution in [0, 0.1) is 5.92 Å². The highest BCUT2D eigenvalue weighted by molar-refractivity contribution is 7.80. The molecule has 0 aliphatic carbocycles. The maximum absolute atomic E-state index is 12.8. The second-order valence-electron chi connectivity index (χ2n) is 5.22. The summed E-state index contributed by atoms with van der Waals surface area (Å²) in [7, 11) is 0. The second kappa shape index (κ2) is 8.39. The number of hydrogen-bond acceptors (Lipinski definition) is 3. The van der Waals surface area contributed by atoms with Crippen LogP contribution in [-0.4, -0.2) is 29.3 Å². The number of anilines is 1. The maximum Gasteiger partial charge on any atom is 0.323 e. The third kappa shape index (κ3) is 4.86. The topological polar surface area (TPSA) is 57.6 Å². The third-order valence-corrected chi connectivity index (χ3v) is 3.96. The Kier molecular flexibility index (Phi) is 6.23. The van der Waals surface area contributed by atoms with Crippen molar-refractivity contribution >= 4 is 30.2 Å². The standard InChI is InChI=1S/C18H19NO3S/c20-17(21)12-19(16-9-5-2-6-10-16)18(22)15(13-23)11-14-7-3-1-4-8-14/h1-10,15,23H,11-13H2,(H,20,21)/t15-/m0/s1. The molecule has 0 saturated heterocycles. The summed E-state index contributed by atoms with van der Waals surface area (Å²) in [4.78, 5) is 25.3. The summed E-state index contributed by atoms with van der Waals surface area (Å²) in [6.07, 6.45) is 0.534. The first kappa shape index (κ1) is 17.1. The number of para-hydroxylation sites is 1. The number of carbonyl (C=O) groups excluding carboxylic acids is 1. The van der Waals surface area contributed by atoms with Crippen molar-refractivity contribution in [2.75, 3.05) is 17.2 Å². The number of hydrogen-bond donors (Lipinski definition) is 2. The number of carboxylic acid groups (broad SMARTS) is 1. The summed E-state index contributed by atoms with van der Waals surface area (Å²) >= 11 is 4.29. The van der Waals surface area contributed by atoms with Crippen LogP contribution in [0.1, 0.15) is 5.56 Å². The van der Waals surface area contributed by atoms with Gasteiger partial charge < -0.3 is 10.0 Å². The van der Waals surface area contributed by atoms with Gasteiger partial charge in [0.2, 0.25) is 5.91 Å². The molecule has 2 rings (SSSR count). The average Bonchev–Trinajstić information content (AvgIpc) is 2.58. The van der Waals surface area contributed by atoms with Crippen LogP contribution in [0.25, 0.3) is 0 Å². The highest BCUT2D eigenvalue weighted by Crippen LogP contribution is 2.19. The number of benzene rings is 2. The van der Waals surface area contributed by atoms with E-state index in [1.54, 1.807) is 24.3 Å². The van der Waals surface area contributed by atoms with Gasteiger partial charge in [-0.1, -0.05) is 48.5 Å². The zero-order valence-electron chi connectivity index (χ0n) is 12.6. The summed E-state index contributed by atoms with van der Waals surface area (Å²) in [5, 5.41) is 9.13. The first-order valence-corrected chi connectivity index (χ1v) is 7.98. The lowest BCUT2D eigenvalue weighted by molar-refractivity contribution is -0.137. The van der Waals surface area contributed by atoms with E-state index in [1.165, 1.54) is 4.90 Å². The number of rotatable bonds is 7. The van der Waals surface area contributed by atoms with E-state index in [0.717, 1.165) is 5.56 Å². The first-order chi connectivity index (χ1) is 11.1. The quantitative estimate of drug-likeness (QED) is 0.768. The van der Waals surface area contributed by atoms with Crippen LogP contribution in [0.2, 0.25) is 0 Å². The Morgan fingerprint density at radius 2 is 1.57 bits per heavy atom. The monoisotopic (exact) mass is 329 g/mol. The van der Waals surface area contributed by atoms with Crippen molar-refractivity contribution in [1.82, 2.24) is 0 Å². The van der Waals surface area contributed by atoms with Crippen LogP contribution >= 0.6 is 12.6 Å². The van der Waals surface area contributed by atoms with Crippen LogP contribution in [0.4, 0.5) is 5.69 Å². The number of aliphatic carboxylic acids is 1. The SMILES string of the molecule is O=C(O)CN(C(=O)[C@H](CS)Cc1ccccc1)c1ccccc1. The predicted octanol–water partition coefficient (Wildman–Crippen LogP) is 2.89. The predicted molar refractivity (Wildman–Crippen MR) is 93.9 cm³/mol. The number of carbonyl (C=O) groups is 2. The Balaban J connectivity index is 2.22. The second-order valence-corrected chi connectivity index (χ2v) is 5.59. The first-order valence-electron chi connectivity index (χ1n) is 7.35. The molecular weight excluding hydrogens is 310 g/mol. The van der Waals surface area contributed by atoms with Gasteiger partial charge in [0, 0.05) is 11.4 Å². The lowest BCUT2D eigenvalue weighted by atomic mass is 9.99. The molecule has 1 N–H and O–H groups in total. The molecule has 0 spiro atoms. The van der Waals surface area contributed by atoms with E-state index < -0.39 is 5.97 Å². The fourth-order valence-corrected chi connectivity index (χ4v) is 2.67. The van der Waals surface area contributed by atoms with Crippen LogP contribution in [0.5, 0.6) is 0 Å². The van der Waals surface area contributed by atoms with Gasteiger partial charge in [0.05, 0.1) is 5.92 Å². The molecule has 2 aromatic carbocycles. The normalized spacial score (nSPS) is 11.7. The van der Waals surface area contributed by atoms with E-state index in [9.17, 15) is 9.59 Å². The van der Waals surface area contributed by atoms with E-state index in [4.69, 9.17) is 5.11 Å². The Labute approximate surface area is 141 Å². The minimum absolute atomic E-state index is 0.225. The number of thiol groups is 1. The van der Waals surface area contributed by atoms with E-state index >= 15 is 0 Å². The van der Waals surface area contributed by atoms with Gasteiger partial charge in [-0.2, -0.15) is 12.6 Å². The van der Waals surface area contributed by atoms with Gasteiger partial charge in [0.25, 0.3) is 0 Å². The van der Waals surface area contributed by atoms with Crippen LogP contribution in [0.15, 0.2) is 60.7 Å². The van der Waals surface area contributed by atoms with Crippen molar-refractivity contribution in [2.24, 2.45) is 5.92 Å². The number of amides is 1. The number of nitrogens with zero attached hydrogens (tertiary/aromatic N) is 1. The smallest absolute Gasteiger partial charge is 0.323 e. The molecule has 0 fully saturated rings. The zero-order valence-corrected chi connectivity index (χ0v) is 13.5. The molecule has 1 atom stereocenters. The van der Waals surface area contributed by atoms with Gasteiger partial charge in [0.1, 0.15) is 6.54 Å². The van der Waals surface area contributed by atoms with E-state index in [-0.39, 0.29) is 18.4 Å². The Bertz CT molecular complexity index is 646. The van der Waals surface area contributed by atoms with Crippen molar-refractivity contribution in [3.8, 4) is 0 Å². The fraction of sp³-hybridized carbons (Fsp3) is 0.222. The minimum atomic E-state index is -1.04. The Morgan fingerprint density at radius 3 is 2.09 bits per heavy atom. The molecular formula is C18H19NO3S. The van der Waals surface area contributed by atoms with Gasteiger partial charge >= 0.3 is 5.97 Å². The van der Waals surface area contributed by atoms with Crippen LogP contribution in [-0.2, 0) is 16.0 Å². The van der Waals surface area contributed by atoms with Gasteiger partial charge in [-0.15, -0.1) is 0 Å². The highest BCUT2D eigenvalue weighted by Gasteiger charge is 2.26. The van der Waals surface area contributed by atoms with Crippen molar-refractivity contribution < 1.29 is 14.7 Å². The lowest BCUT2D eigenvalue weighted by Gasteiger charge is -2.25. The summed E-state index contributed by atoms with van der Waals surface area (Å²) in [5.41, 5.74) is 1.61. The molecule has 0 bridgehead atoms. The van der Waals surface area contributed by atoms with Crippen LogP contribution in [0.3, 0.4) is 0 Å². The van der Waals surface area contributed by atoms with Gasteiger partial charge in [0.15, 0.2) is 0 Å². The zero-order chi connectivity index (χ0) is 16.7. The summed E-state index contributed by atoms with van der Waals surface area (Å²) < 4.78 is 0. The van der Waals surface area contributed by atoms with Gasteiger partial charge in [-0.3, -0.25) is 9.59 Å². The molecule has 23 heavy (non-hydrogen) atoms. The van der Waals surface area contributed by atoms with E-state index in [2.05, 4.69) is 12.6 Å². The van der Waals surface area contributed by atoms with E-state index in [1.807, 2.05) is 36.4 Å². The molecule has 0 unspecified atom stereocenters. The summed E-state index contributed by atoms with van der Waals surface area (Å²) in [6, 6.07) is 18.5. The molecule has 0 aliphatic rings. The molecule has 0 saturated carbocycles. The van der Waals surface area contributed by atoms with Gasteiger partial charge in [-0.25, -0.2) is 0 Å². The van der Waals surface area contributed by atoms with Crippen molar-refractivity contribution in [2.45, 2.75) is 6.42 Å². The maximum atomic E-state index is 12.8. The minimum Gasteiger partial charge on any atom is -0.480 e. The highest BCUT2D eigenvalue weighted by atomic mass is 32.1. The number of carboxylic acids is 1. The summed E-state index contributed by atoms with van der Waals surface area (Å²) in [5.74, 6) is -1.28. The Hall–Kier alpha value is -2.27. The molecule has 0 radical (unpaired) electrons. The average molecular weight is 329 g/mol. The third-order valence-electron chi connectivity index (χ3n) is 3.52. The molecule has 120 valence electrons. The molecule has 1 amide bonds. The van der Waals surface area contributed by atoms with Crippen molar-refractivity contribution in [3.63, 3.8) is 0 Å². The molecule has 2 aromatic rings. The van der Waals surface area contributed by atoms with Crippen LogP contribution < -0.4 is 4.90 Å². The molecule has 0 aliphatic heterocycles. The molecule has 0 heterocycles. The molecule has 5 heteroatoms. The molecule has 0 aromatic heterocycles. The van der Waals surface area contributed by atoms with Crippen molar-refractivity contribution in [1.29, 1.82) is 0 Å². The van der Waals surface area contributed by atoms with Crippen molar-refractivity contribution in [3.05, 3.63) is 66.2 Å². The van der Waals surface area contributed by atoms with E-state index in [0.29, 0.717) is 17.9 Å². The largest absolute Gasteiger partial charge is 0.480 e. The molecule has 4 nitrogen and oxygen atoms in total. The Morgan fingerprint density at radius 1 is 1.00 bits per heavy atom. The fourth-order valence-electron chi connectivity index (χ4n) is 2.39.